The second kappa shape index (κ2) is 12.2. The number of likely N-dealkylation sites (tertiary alicyclic amines) is 1. The Kier molecular flexibility index (Phi) is 8.30. The highest BCUT2D eigenvalue weighted by molar-refractivity contribution is 7.89. The molecule has 1 aliphatic carbocycles. The number of nitrogens with zero attached hydrogens (tertiary/aromatic N) is 1. The molecule has 44 heavy (non-hydrogen) atoms. The number of methoxy groups -OCH3 is 1. The number of piperidine rings is 1. The topological polar surface area (TPSA) is 106 Å². The van der Waals surface area contributed by atoms with Crippen LogP contribution in [0.5, 0.6) is 17.2 Å². The summed E-state index contributed by atoms with van der Waals surface area (Å²) in [6.07, 6.45) is 5.46. The van der Waals surface area contributed by atoms with Crippen molar-refractivity contribution in [2.24, 2.45) is 5.92 Å². The van der Waals surface area contributed by atoms with Gasteiger partial charge in [0.1, 0.15) is 5.75 Å². The number of rotatable bonds is 12. The summed E-state index contributed by atoms with van der Waals surface area (Å²) in [5, 5.41) is 4.79. The first-order chi connectivity index (χ1) is 21.2. The van der Waals surface area contributed by atoms with Gasteiger partial charge < -0.3 is 24.4 Å². The average molecular weight is 618 g/mol. The molecule has 9 nitrogen and oxygen atoms in total. The van der Waals surface area contributed by atoms with E-state index in [2.05, 4.69) is 28.1 Å². The van der Waals surface area contributed by atoms with Crippen LogP contribution in [0.2, 0.25) is 0 Å². The van der Waals surface area contributed by atoms with E-state index in [4.69, 9.17) is 14.2 Å². The Morgan fingerprint density at radius 1 is 1.07 bits per heavy atom. The fourth-order valence-corrected chi connectivity index (χ4v) is 7.79. The van der Waals surface area contributed by atoms with Crippen LogP contribution in [-0.4, -0.2) is 58.8 Å². The molecule has 2 fully saturated rings. The van der Waals surface area contributed by atoms with Crippen molar-refractivity contribution >= 4 is 26.7 Å². The molecule has 0 radical (unpaired) electrons. The summed E-state index contributed by atoms with van der Waals surface area (Å²) >= 11 is 0. The van der Waals surface area contributed by atoms with Crippen LogP contribution >= 0.6 is 0 Å². The number of sulfonamides is 1. The molecule has 2 atom stereocenters. The Morgan fingerprint density at radius 2 is 1.82 bits per heavy atom. The zero-order chi connectivity index (χ0) is 30.9. The van der Waals surface area contributed by atoms with E-state index >= 15 is 0 Å². The zero-order valence-electron chi connectivity index (χ0n) is 25.0. The highest BCUT2D eigenvalue weighted by atomic mass is 32.2. The number of nitrogens with one attached hydrogen (secondary N) is 2. The van der Waals surface area contributed by atoms with Crippen molar-refractivity contribution in [2.45, 2.75) is 48.5 Å². The van der Waals surface area contributed by atoms with Gasteiger partial charge in [-0.05, 0) is 90.4 Å². The molecule has 2 N–H and O–H groups in total. The molecule has 10 heteroatoms. The first-order valence-electron chi connectivity index (χ1n) is 15.0. The molecular weight excluding hydrogens is 578 g/mol. The number of hydrogen-bond acceptors (Lipinski definition) is 7. The third kappa shape index (κ3) is 6.14. The Labute approximate surface area is 258 Å². The predicted molar refractivity (Wildman–Crippen MR) is 169 cm³/mol. The highest BCUT2D eigenvalue weighted by Gasteiger charge is 2.58. The maximum Gasteiger partial charge on any atom is 0.240 e. The quantitative estimate of drug-likeness (QED) is 0.279. The molecule has 2 aliphatic heterocycles. The average Bonchev–Trinajstić information content (AvgIpc) is 3.48. The van der Waals surface area contributed by atoms with Crippen LogP contribution in [0.25, 0.3) is 10.8 Å². The monoisotopic (exact) mass is 617 g/mol. The van der Waals surface area contributed by atoms with Gasteiger partial charge >= 0.3 is 0 Å². The number of carbonyl (C=O) groups excluding carboxylic acids is 1. The van der Waals surface area contributed by atoms with Crippen LogP contribution in [0.15, 0.2) is 84.4 Å². The summed E-state index contributed by atoms with van der Waals surface area (Å²) in [6, 6.07) is 15.7. The van der Waals surface area contributed by atoms with Crippen LogP contribution in [0.1, 0.15) is 37.7 Å². The van der Waals surface area contributed by atoms with Crippen LogP contribution in [0.3, 0.4) is 0 Å². The molecule has 232 valence electrons. The summed E-state index contributed by atoms with van der Waals surface area (Å²) in [5.74, 6) is 2.39. The molecule has 0 spiro atoms. The number of carbonyl (C=O) groups is 1. The van der Waals surface area contributed by atoms with Gasteiger partial charge in [0.25, 0.3) is 0 Å². The number of hydrogen-bond donors (Lipinski definition) is 2. The van der Waals surface area contributed by atoms with E-state index in [-0.39, 0.29) is 24.0 Å². The maximum atomic E-state index is 13.6. The summed E-state index contributed by atoms with van der Waals surface area (Å²) in [6.45, 7) is 10.5. The van der Waals surface area contributed by atoms with E-state index in [0.29, 0.717) is 36.1 Å². The van der Waals surface area contributed by atoms with Gasteiger partial charge in [0.2, 0.25) is 22.7 Å². The van der Waals surface area contributed by atoms with Gasteiger partial charge in [-0.1, -0.05) is 31.4 Å². The van der Waals surface area contributed by atoms with Crippen molar-refractivity contribution in [3.63, 3.8) is 0 Å². The lowest BCUT2D eigenvalue weighted by atomic mass is 9.90. The van der Waals surface area contributed by atoms with Crippen LogP contribution in [0, 0.1) is 5.92 Å². The highest BCUT2D eigenvalue weighted by Crippen LogP contribution is 2.53. The van der Waals surface area contributed by atoms with Gasteiger partial charge in [-0.15, -0.1) is 0 Å². The number of amides is 1. The van der Waals surface area contributed by atoms with Gasteiger partial charge in [0.15, 0.2) is 11.5 Å². The molecule has 0 unspecified atom stereocenters. The van der Waals surface area contributed by atoms with Crippen molar-refractivity contribution < 1.29 is 27.4 Å². The lowest BCUT2D eigenvalue weighted by molar-refractivity contribution is -0.121. The zero-order valence-corrected chi connectivity index (χ0v) is 25.8. The van der Waals surface area contributed by atoms with E-state index in [9.17, 15) is 13.2 Å². The van der Waals surface area contributed by atoms with Gasteiger partial charge in [0, 0.05) is 43.2 Å². The van der Waals surface area contributed by atoms with E-state index in [0.717, 1.165) is 54.4 Å². The van der Waals surface area contributed by atoms with Gasteiger partial charge in [-0.2, -0.15) is 0 Å². The van der Waals surface area contributed by atoms with Crippen molar-refractivity contribution in [2.75, 3.05) is 33.5 Å². The SMILES string of the molecule is C=CC(=C)N1CCC(CCNC(=O)C[C@]2(c3ccc4c(c3)OCO4)C[C@@H]2NS(=O)(=O)c2ccc3cc(OC)ccc3c2)CC1. The second-order valence-electron chi connectivity index (χ2n) is 11.9. The number of allylic oxidation sites excluding steroid dienone is 1. The molecular formula is C34H39N3O6S. The van der Waals surface area contributed by atoms with Crippen molar-refractivity contribution in [1.82, 2.24) is 14.9 Å². The third-order valence-electron chi connectivity index (χ3n) is 9.26. The summed E-state index contributed by atoms with van der Waals surface area (Å²) in [4.78, 5) is 15.7. The largest absolute Gasteiger partial charge is 0.497 e. The first kappa shape index (κ1) is 30.0. The number of benzene rings is 3. The van der Waals surface area contributed by atoms with E-state index in [1.165, 1.54) is 0 Å². The molecule has 6 rings (SSSR count). The summed E-state index contributed by atoms with van der Waals surface area (Å²) in [5.41, 5.74) is 1.12. The minimum Gasteiger partial charge on any atom is -0.497 e. The minimum absolute atomic E-state index is 0.0958. The molecule has 1 saturated heterocycles. The van der Waals surface area contributed by atoms with E-state index in [1.54, 1.807) is 37.5 Å². The Hall–Kier alpha value is -4.02. The molecule has 3 aromatic rings. The summed E-state index contributed by atoms with van der Waals surface area (Å²) < 4.78 is 46.4. The van der Waals surface area contributed by atoms with Crippen LogP contribution in [0.4, 0.5) is 0 Å². The molecule has 3 aliphatic rings. The molecule has 0 aromatic heterocycles. The molecule has 0 bridgehead atoms. The number of ether oxygens (including phenoxy) is 3. The Bertz CT molecular complexity index is 1700. The molecule has 2 heterocycles. The van der Waals surface area contributed by atoms with Crippen molar-refractivity contribution in [1.29, 1.82) is 0 Å². The van der Waals surface area contributed by atoms with Gasteiger partial charge in [-0.3, -0.25) is 4.79 Å². The van der Waals surface area contributed by atoms with Gasteiger partial charge in [-0.25, -0.2) is 13.1 Å². The number of fused-ring (bicyclic) bond motifs is 2. The normalized spacial score (nSPS) is 21.2. The standard InChI is InChI=1S/C34H39N3O6S/c1-4-23(2)37-15-12-24(13-16-37)11-14-35-33(38)21-34(27-7-10-30-31(19-27)43-22-42-30)20-32(34)36-44(39,40)29-9-6-25-17-28(41-3)8-5-26(25)18-29/h4-10,17-19,24,32,36H,1-2,11-16,20-22H2,3H3,(H,35,38)/t32-,34-/m0/s1. The Morgan fingerprint density at radius 3 is 2.59 bits per heavy atom. The Balaban J connectivity index is 1.14. The van der Waals surface area contributed by atoms with Gasteiger partial charge in [0.05, 0.1) is 12.0 Å². The van der Waals surface area contributed by atoms with Crippen molar-refractivity contribution in [3.8, 4) is 17.2 Å². The third-order valence-corrected chi connectivity index (χ3v) is 10.7. The summed E-state index contributed by atoms with van der Waals surface area (Å²) in [7, 11) is -2.26. The second-order valence-corrected chi connectivity index (χ2v) is 13.6. The smallest absolute Gasteiger partial charge is 0.240 e. The van der Waals surface area contributed by atoms with Crippen molar-refractivity contribution in [3.05, 3.63) is 85.1 Å². The van der Waals surface area contributed by atoms with Crippen LogP contribution in [-0.2, 0) is 20.2 Å². The van der Waals surface area contributed by atoms with Crippen LogP contribution < -0.4 is 24.2 Å². The minimum atomic E-state index is -3.86. The molecule has 1 saturated carbocycles. The molecule has 3 aromatic carbocycles. The van der Waals surface area contributed by atoms with E-state index < -0.39 is 21.5 Å². The lowest BCUT2D eigenvalue weighted by Crippen LogP contribution is -2.36. The van der Waals surface area contributed by atoms with E-state index in [1.807, 2.05) is 30.3 Å². The maximum absolute atomic E-state index is 13.6. The first-order valence-corrected chi connectivity index (χ1v) is 16.5. The molecule has 1 amide bonds. The predicted octanol–water partition coefficient (Wildman–Crippen LogP) is 4.87. The fraction of sp³-hybridized carbons (Fsp3) is 0.382. The fourth-order valence-electron chi connectivity index (χ4n) is 6.44. The lowest BCUT2D eigenvalue weighted by Gasteiger charge is -2.33.